The Morgan fingerprint density at radius 3 is 2.25 bits per heavy atom. The smallest absolute Gasteiger partial charge is 0.230 e. The fourth-order valence-corrected chi connectivity index (χ4v) is 4.60. The molecule has 0 aromatic rings. The van der Waals surface area contributed by atoms with Gasteiger partial charge in [0.05, 0.1) is 5.41 Å². The van der Waals surface area contributed by atoms with Crippen LogP contribution in [0.3, 0.4) is 0 Å². The molecule has 0 aromatic carbocycles. The van der Waals surface area contributed by atoms with Crippen LogP contribution in [0.4, 0.5) is 0 Å². The number of nitrogens with two attached hydrogens (primary N) is 1. The Kier molecular flexibility index (Phi) is 4.04. The van der Waals surface area contributed by atoms with Crippen molar-refractivity contribution in [1.29, 1.82) is 0 Å². The molecule has 3 rings (SSSR count). The van der Waals surface area contributed by atoms with Crippen LogP contribution in [0, 0.1) is 11.3 Å². The highest BCUT2D eigenvalue weighted by atomic mass is 16.2. The third-order valence-corrected chi connectivity index (χ3v) is 5.77. The molecule has 4 nitrogen and oxygen atoms in total. The molecule has 0 unspecified atom stereocenters. The third-order valence-electron chi connectivity index (χ3n) is 5.77. The van der Waals surface area contributed by atoms with E-state index in [0.29, 0.717) is 18.4 Å². The number of carbonyl (C=O) groups excluding carboxylic acids is 1. The second-order valence-corrected chi connectivity index (χ2v) is 7.26. The third kappa shape index (κ3) is 2.48. The minimum Gasteiger partial charge on any atom is -0.340 e. The fraction of sp³-hybridized carbons (Fsp3) is 0.938. The van der Waals surface area contributed by atoms with Crippen LogP contribution in [0.15, 0.2) is 0 Å². The number of hydrogen-bond donors (Lipinski definition) is 1. The summed E-state index contributed by atoms with van der Waals surface area (Å²) in [5.74, 6) is 1.01. The summed E-state index contributed by atoms with van der Waals surface area (Å²) in [6.45, 7) is 6.69. The van der Waals surface area contributed by atoms with Gasteiger partial charge in [-0.25, -0.2) is 0 Å². The number of amides is 1. The fourth-order valence-electron chi connectivity index (χ4n) is 4.60. The summed E-state index contributed by atoms with van der Waals surface area (Å²) >= 11 is 0. The van der Waals surface area contributed by atoms with Gasteiger partial charge in [-0.15, -0.1) is 0 Å². The number of rotatable bonds is 3. The summed E-state index contributed by atoms with van der Waals surface area (Å²) in [7, 11) is 0. The van der Waals surface area contributed by atoms with Crippen LogP contribution in [0.2, 0.25) is 0 Å². The van der Waals surface area contributed by atoms with E-state index in [9.17, 15) is 4.79 Å². The largest absolute Gasteiger partial charge is 0.340 e. The second-order valence-electron chi connectivity index (χ2n) is 7.26. The molecule has 0 bridgehead atoms. The SMILES string of the molecule is CC1CC(CN)(C(=O)N2CCN(C3CCCC3)CC2)C1. The number of piperazine rings is 1. The van der Waals surface area contributed by atoms with Crippen LogP contribution < -0.4 is 5.73 Å². The number of carbonyl (C=O) groups is 1. The molecule has 1 aliphatic heterocycles. The maximum atomic E-state index is 12.7. The molecule has 1 heterocycles. The second kappa shape index (κ2) is 5.64. The van der Waals surface area contributed by atoms with Gasteiger partial charge in [0, 0.05) is 38.8 Å². The van der Waals surface area contributed by atoms with Crippen molar-refractivity contribution in [3.8, 4) is 0 Å². The highest BCUT2D eigenvalue weighted by Gasteiger charge is 2.49. The van der Waals surface area contributed by atoms with E-state index in [4.69, 9.17) is 5.73 Å². The first-order valence-corrected chi connectivity index (χ1v) is 8.38. The predicted octanol–water partition coefficient (Wildman–Crippen LogP) is 1.45. The van der Waals surface area contributed by atoms with Gasteiger partial charge < -0.3 is 10.6 Å². The van der Waals surface area contributed by atoms with E-state index in [0.717, 1.165) is 45.1 Å². The van der Waals surface area contributed by atoms with Crippen molar-refractivity contribution in [2.24, 2.45) is 17.1 Å². The molecule has 0 radical (unpaired) electrons. The van der Waals surface area contributed by atoms with Crippen molar-refractivity contribution in [2.75, 3.05) is 32.7 Å². The molecule has 0 aromatic heterocycles. The van der Waals surface area contributed by atoms with Crippen LogP contribution >= 0.6 is 0 Å². The standard InChI is InChI=1S/C16H29N3O/c1-13-10-16(11-13,12-17)15(20)19-8-6-18(7-9-19)14-4-2-3-5-14/h13-14H,2-12,17H2,1H3. The molecule has 3 fully saturated rings. The molecule has 20 heavy (non-hydrogen) atoms. The van der Waals surface area contributed by atoms with Gasteiger partial charge in [0.25, 0.3) is 0 Å². The lowest BCUT2D eigenvalue weighted by Gasteiger charge is -2.48. The topological polar surface area (TPSA) is 49.6 Å². The van der Waals surface area contributed by atoms with E-state index in [1.54, 1.807) is 0 Å². The van der Waals surface area contributed by atoms with Gasteiger partial charge in [0.2, 0.25) is 5.91 Å². The maximum absolute atomic E-state index is 12.7. The monoisotopic (exact) mass is 279 g/mol. The van der Waals surface area contributed by atoms with Gasteiger partial charge >= 0.3 is 0 Å². The van der Waals surface area contributed by atoms with Crippen molar-refractivity contribution >= 4 is 5.91 Å². The Morgan fingerprint density at radius 2 is 1.75 bits per heavy atom. The van der Waals surface area contributed by atoms with Crippen LogP contribution in [0.1, 0.15) is 45.4 Å². The normalized spacial score (nSPS) is 36.1. The average Bonchev–Trinajstić information content (AvgIpc) is 2.97. The van der Waals surface area contributed by atoms with Gasteiger partial charge in [-0.1, -0.05) is 19.8 Å². The van der Waals surface area contributed by atoms with Crippen molar-refractivity contribution < 1.29 is 4.79 Å². The molecular formula is C16H29N3O. The Bertz CT molecular complexity index is 351. The average molecular weight is 279 g/mol. The molecule has 1 saturated heterocycles. The van der Waals surface area contributed by atoms with Crippen LogP contribution in [-0.4, -0.2) is 54.5 Å². The zero-order chi connectivity index (χ0) is 14.2. The van der Waals surface area contributed by atoms with Crippen molar-refractivity contribution in [3.05, 3.63) is 0 Å². The van der Waals surface area contributed by atoms with Crippen molar-refractivity contribution in [2.45, 2.75) is 51.5 Å². The Hall–Kier alpha value is -0.610. The molecular weight excluding hydrogens is 250 g/mol. The summed E-state index contributed by atoms with van der Waals surface area (Å²) in [6.07, 6.45) is 7.47. The van der Waals surface area contributed by atoms with Gasteiger partial charge in [0.1, 0.15) is 0 Å². The lowest BCUT2D eigenvalue weighted by atomic mass is 9.62. The maximum Gasteiger partial charge on any atom is 0.230 e. The first-order valence-electron chi connectivity index (χ1n) is 8.38. The van der Waals surface area contributed by atoms with E-state index in [-0.39, 0.29) is 5.41 Å². The quantitative estimate of drug-likeness (QED) is 0.850. The zero-order valence-corrected chi connectivity index (χ0v) is 12.8. The number of nitrogens with zero attached hydrogens (tertiary/aromatic N) is 2. The summed E-state index contributed by atoms with van der Waals surface area (Å²) in [5, 5.41) is 0. The van der Waals surface area contributed by atoms with Gasteiger partial charge in [0.15, 0.2) is 0 Å². The van der Waals surface area contributed by atoms with Crippen LogP contribution in [-0.2, 0) is 4.79 Å². The van der Waals surface area contributed by atoms with Crippen LogP contribution in [0.5, 0.6) is 0 Å². The highest BCUT2D eigenvalue weighted by molar-refractivity contribution is 5.84. The van der Waals surface area contributed by atoms with E-state index in [2.05, 4.69) is 16.7 Å². The summed E-state index contributed by atoms with van der Waals surface area (Å²) in [4.78, 5) is 17.4. The number of hydrogen-bond acceptors (Lipinski definition) is 3. The molecule has 114 valence electrons. The predicted molar refractivity (Wildman–Crippen MR) is 80.3 cm³/mol. The molecule has 0 spiro atoms. The molecule has 3 aliphatic rings. The summed E-state index contributed by atoms with van der Waals surface area (Å²) < 4.78 is 0. The molecule has 0 atom stereocenters. The lowest BCUT2D eigenvalue weighted by Crippen LogP contribution is -2.59. The van der Waals surface area contributed by atoms with Gasteiger partial charge in [-0.2, -0.15) is 0 Å². The molecule has 2 N–H and O–H groups in total. The molecule has 2 aliphatic carbocycles. The van der Waals surface area contributed by atoms with E-state index in [1.807, 2.05) is 0 Å². The summed E-state index contributed by atoms with van der Waals surface area (Å²) in [6, 6.07) is 0.791. The van der Waals surface area contributed by atoms with Crippen molar-refractivity contribution in [3.63, 3.8) is 0 Å². The highest BCUT2D eigenvalue weighted by Crippen LogP contribution is 2.46. The molecule has 2 saturated carbocycles. The lowest BCUT2D eigenvalue weighted by molar-refractivity contribution is -0.151. The molecule has 1 amide bonds. The first-order chi connectivity index (χ1) is 9.64. The van der Waals surface area contributed by atoms with Crippen LogP contribution in [0.25, 0.3) is 0 Å². The Morgan fingerprint density at radius 1 is 1.15 bits per heavy atom. The van der Waals surface area contributed by atoms with E-state index < -0.39 is 0 Å². The van der Waals surface area contributed by atoms with E-state index >= 15 is 0 Å². The van der Waals surface area contributed by atoms with Gasteiger partial charge in [-0.3, -0.25) is 9.69 Å². The minimum atomic E-state index is -0.213. The zero-order valence-electron chi connectivity index (χ0n) is 12.8. The summed E-state index contributed by atoms with van der Waals surface area (Å²) in [5.41, 5.74) is 5.69. The Balaban J connectivity index is 1.53. The molecule has 4 heteroatoms. The first kappa shape index (κ1) is 14.3. The van der Waals surface area contributed by atoms with Gasteiger partial charge in [-0.05, 0) is 31.6 Å². The minimum absolute atomic E-state index is 0.213. The Labute approximate surface area is 122 Å². The van der Waals surface area contributed by atoms with Crippen molar-refractivity contribution in [1.82, 2.24) is 9.80 Å². The van der Waals surface area contributed by atoms with E-state index in [1.165, 1.54) is 25.7 Å².